The second-order valence-corrected chi connectivity index (χ2v) is 8.27. The zero-order valence-corrected chi connectivity index (χ0v) is 18.6. The molecule has 1 saturated heterocycles. The number of carbonyl (C=O) groups excluding carboxylic acids is 1. The molecule has 1 fully saturated rings. The van der Waals surface area contributed by atoms with Gasteiger partial charge in [-0.25, -0.2) is 0 Å². The fraction of sp³-hybridized carbons (Fsp3) is 0.269. The van der Waals surface area contributed by atoms with E-state index in [4.69, 9.17) is 4.74 Å². The molecule has 7 nitrogen and oxygen atoms in total. The SMILES string of the molecule is Cc1ccc(NC(=O)C2CCN(c3ccccc3[N+](=O)[O-])CC2)c(OCc2ccccc2)c1. The molecule has 0 spiro atoms. The number of hydrogen-bond acceptors (Lipinski definition) is 5. The van der Waals surface area contributed by atoms with Gasteiger partial charge >= 0.3 is 0 Å². The van der Waals surface area contributed by atoms with Gasteiger partial charge in [-0.05, 0) is 49.1 Å². The van der Waals surface area contributed by atoms with Crippen LogP contribution >= 0.6 is 0 Å². The Morgan fingerprint density at radius 2 is 1.76 bits per heavy atom. The van der Waals surface area contributed by atoms with Gasteiger partial charge < -0.3 is 15.0 Å². The molecule has 0 aliphatic carbocycles. The van der Waals surface area contributed by atoms with E-state index in [1.807, 2.05) is 60.4 Å². The molecule has 0 bridgehead atoms. The first kappa shape index (κ1) is 22.3. The van der Waals surface area contributed by atoms with Gasteiger partial charge in [0.05, 0.1) is 10.6 Å². The number of carbonyl (C=O) groups is 1. The highest BCUT2D eigenvalue weighted by atomic mass is 16.6. The van der Waals surface area contributed by atoms with Gasteiger partial charge in [-0.3, -0.25) is 14.9 Å². The molecule has 1 aliphatic rings. The molecular formula is C26H27N3O4. The van der Waals surface area contributed by atoms with Crippen LogP contribution in [0, 0.1) is 23.0 Å². The summed E-state index contributed by atoms with van der Waals surface area (Å²) in [7, 11) is 0. The molecule has 0 radical (unpaired) electrons. The zero-order chi connectivity index (χ0) is 23.2. The molecule has 1 N–H and O–H groups in total. The second-order valence-electron chi connectivity index (χ2n) is 8.27. The standard InChI is InChI=1S/C26H27N3O4/c1-19-11-12-22(25(17-19)33-18-20-7-3-2-4-8-20)27-26(30)21-13-15-28(16-14-21)23-9-5-6-10-24(23)29(31)32/h2-12,17,21H,13-16,18H2,1H3,(H,27,30). The van der Waals surface area contributed by atoms with Crippen LogP contribution in [0.1, 0.15) is 24.0 Å². The minimum atomic E-state index is -0.359. The summed E-state index contributed by atoms with van der Waals surface area (Å²) in [5.74, 6) is 0.433. The lowest BCUT2D eigenvalue weighted by atomic mass is 9.95. The normalized spacial score (nSPS) is 14.0. The smallest absolute Gasteiger partial charge is 0.292 e. The van der Waals surface area contributed by atoms with Crippen LogP contribution < -0.4 is 15.0 Å². The highest BCUT2D eigenvalue weighted by Crippen LogP contribution is 2.32. The number of ether oxygens (including phenoxy) is 1. The summed E-state index contributed by atoms with van der Waals surface area (Å²) in [5.41, 5.74) is 3.46. The van der Waals surface area contributed by atoms with Crippen molar-refractivity contribution in [3.63, 3.8) is 0 Å². The van der Waals surface area contributed by atoms with E-state index in [9.17, 15) is 14.9 Å². The number of nitro groups is 1. The Bertz CT molecular complexity index is 1130. The van der Waals surface area contributed by atoms with Gasteiger partial charge in [0.15, 0.2) is 0 Å². The summed E-state index contributed by atoms with van der Waals surface area (Å²) in [5, 5.41) is 14.4. The van der Waals surface area contributed by atoms with Crippen molar-refractivity contribution >= 4 is 23.0 Å². The van der Waals surface area contributed by atoms with E-state index in [0.717, 1.165) is 11.1 Å². The van der Waals surface area contributed by atoms with Crippen LogP contribution in [0.5, 0.6) is 5.75 Å². The fourth-order valence-electron chi connectivity index (χ4n) is 4.09. The first-order valence-corrected chi connectivity index (χ1v) is 11.1. The molecule has 0 aromatic heterocycles. The van der Waals surface area contributed by atoms with Crippen molar-refractivity contribution in [1.29, 1.82) is 0 Å². The lowest BCUT2D eigenvalue weighted by molar-refractivity contribution is -0.384. The number of anilines is 2. The van der Waals surface area contributed by atoms with E-state index < -0.39 is 0 Å². The number of aryl methyl sites for hydroxylation is 1. The molecular weight excluding hydrogens is 418 g/mol. The molecule has 170 valence electrons. The number of amides is 1. The summed E-state index contributed by atoms with van der Waals surface area (Å²) in [6.45, 7) is 3.59. The molecule has 1 heterocycles. The molecule has 0 saturated carbocycles. The largest absolute Gasteiger partial charge is 0.487 e. The number of nitrogens with zero attached hydrogens (tertiary/aromatic N) is 2. The van der Waals surface area contributed by atoms with Crippen molar-refractivity contribution in [2.24, 2.45) is 5.92 Å². The summed E-state index contributed by atoms with van der Waals surface area (Å²) in [4.78, 5) is 26.0. The van der Waals surface area contributed by atoms with Crippen LogP contribution in [-0.2, 0) is 11.4 Å². The number of rotatable bonds is 7. The average molecular weight is 446 g/mol. The predicted molar refractivity (Wildman–Crippen MR) is 129 cm³/mol. The van der Waals surface area contributed by atoms with Crippen molar-refractivity contribution < 1.29 is 14.5 Å². The lowest BCUT2D eigenvalue weighted by Gasteiger charge is -2.32. The third-order valence-corrected chi connectivity index (χ3v) is 5.92. The van der Waals surface area contributed by atoms with Crippen molar-refractivity contribution in [1.82, 2.24) is 0 Å². The molecule has 0 atom stereocenters. The highest BCUT2D eigenvalue weighted by molar-refractivity contribution is 5.94. The van der Waals surface area contributed by atoms with Gasteiger partial charge in [0.1, 0.15) is 18.0 Å². The molecule has 0 unspecified atom stereocenters. The van der Waals surface area contributed by atoms with Gasteiger partial charge in [0.25, 0.3) is 5.69 Å². The number of benzene rings is 3. The first-order valence-electron chi connectivity index (χ1n) is 11.1. The van der Waals surface area contributed by atoms with E-state index in [0.29, 0.717) is 49.7 Å². The van der Waals surface area contributed by atoms with Crippen LogP contribution in [0.2, 0.25) is 0 Å². The van der Waals surface area contributed by atoms with E-state index >= 15 is 0 Å². The maximum atomic E-state index is 13.0. The Balaban J connectivity index is 1.39. The first-order chi connectivity index (χ1) is 16.0. The Labute approximate surface area is 193 Å². The minimum Gasteiger partial charge on any atom is -0.487 e. The van der Waals surface area contributed by atoms with Gasteiger partial charge in [-0.15, -0.1) is 0 Å². The lowest BCUT2D eigenvalue weighted by Crippen LogP contribution is -2.38. The summed E-state index contributed by atoms with van der Waals surface area (Å²) in [6.07, 6.45) is 1.26. The Morgan fingerprint density at radius 1 is 1.06 bits per heavy atom. The van der Waals surface area contributed by atoms with Crippen LogP contribution in [0.3, 0.4) is 0 Å². The van der Waals surface area contributed by atoms with Crippen LogP contribution in [0.4, 0.5) is 17.1 Å². The van der Waals surface area contributed by atoms with Gasteiger partial charge in [0.2, 0.25) is 5.91 Å². The van der Waals surface area contributed by atoms with Crippen molar-refractivity contribution in [2.75, 3.05) is 23.3 Å². The Morgan fingerprint density at radius 3 is 2.48 bits per heavy atom. The van der Waals surface area contributed by atoms with Gasteiger partial charge in [0, 0.05) is 25.1 Å². The van der Waals surface area contributed by atoms with Crippen molar-refractivity contribution in [2.45, 2.75) is 26.4 Å². The third kappa shape index (κ3) is 5.49. The summed E-state index contributed by atoms with van der Waals surface area (Å²) < 4.78 is 6.02. The van der Waals surface area contributed by atoms with Crippen LogP contribution in [-0.4, -0.2) is 23.9 Å². The number of nitrogens with one attached hydrogen (secondary N) is 1. The second kappa shape index (κ2) is 10.2. The van der Waals surface area contributed by atoms with Crippen LogP contribution in [0.25, 0.3) is 0 Å². The van der Waals surface area contributed by atoms with E-state index in [1.165, 1.54) is 6.07 Å². The maximum absolute atomic E-state index is 13.0. The molecule has 4 rings (SSSR count). The van der Waals surface area contributed by atoms with E-state index in [1.54, 1.807) is 18.2 Å². The quantitative estimate of drug-likeness (QED) is 0.392. The molecule has 33 heavy (non-hydrogen) atoms. The minimum absolute atomic E-state index is 0.0503. The van der Waals surface area contributed by atoms with Gasteiger partial charge in [-0.2, -0.15) is 0 Å². The molecule has 1 amide bonds. The van der Waals surface area contributed by atoms with Crippen molar-refractivity contribution in [3.05, 3.63) is 94.0 Å². The summed E-state index contributed by atoms with van der Waals surface area (Å²) in [6, 6.07) is 22.4. The van der Waals surface area contributed by atoms with Crippen molar-refractivity contribution in [3.8, 4) is 5.75 Å². The monoisotopic (exact) mass is 445 g/mol. The third-order valence-electron chi connectivity index (χ3n) is 5.92. The van der Waals surface area contributed by atoms with Crippen LogP contribution in [0.15, 0.2) is 72.8 Å². The number of nitro benzene ring substituents is 1. The highest BCUT2D eigenvalue weighted by Gasteiger charge is 2.28. The number of hydrogen-bond donors (Lipinski definition) is 1. The molecule has 1 aliphatic heterocycles. The Hall–Kier alpha value is -3.87. The van der Waals surface area contributed by atoms with E-state index in [-0.39, 0.29) is 22.4 Å². The predicted octanol–water partition coefficient (Wildman–Crippen LogP) is 5.34. The van der Waals surface area contributed by atoms with E-state index in [2.05, 4.69) is 5.32 Å². The molecule has 3 aromatic rings. The number of piperidine rings is 1. The topological polar surface area (TPSA) is 84.7 Å². The number of para-hydroxylation sites is 2. The zero-order valence-electron chi connectivity index (χ0n) is 18.6. The maximum Gasteiger partial charge on any atom is 0.292 e. The fourth-order valence-corrected chi connectivity index (χ4v) is 4.09. The summed E-state index contributed by atoms with van der Waals surface area (Å²) >= 11 is 0. The Kier molecular flexibility index (Phi) is 6.88. The molecule has 3 aromatic carbocycles. The van der Waals surface area contributed by atoms with Gasteiger partial charge in [-0.1, -0.05) is 48.5 Å². The average Bonchev–Trinajstić information content (AvgIpc) is 2.85. The molecule has 7 heteroatoms.